The molecule has 0 fully saturated rings. The zero-order valence-corrected chi connectivity index (χ0v) is 21.5. The summed E-state index contributed by atoms with van der Waals surface area (Å²) in [6.45, 7) is 11.0. The molecule has 0 bridgehead atoms. The minimum Gasteiger partial charge on any atom is -0.467 e. The van der Waals surface area contributed by atoms with E-state index in [9.17, 15) is 19.2 Å². The third-order valence-electron chi connectivity index (χ3n) is 3.78. The van der Waals surface area contributed by atoms with Gasteiger partial charge in [0.2, 0.25) is 12.1 Å². The van der Waals surface area contributed by atoms with Gasteiger partial charge in [-0.15, -0.1) is 0 Å². The number of hydrogen-bond acceptors (Lipinski definition) is 9. The first-order valence-electron chi connectivity index (χ1n) is 11.1. The second kappa shape index (κ2) is 15.1. The van der Waals surface area contributed by atoms with Gasteiger partial charge in [-0.25, -0.2) is 14.4 Å². The third-order valence-corrected chi connectivity index (χ3v) is 3.78. The number of amides is 3. The fraction of sp³-hybridized carbons (Fsp3) is 0.773. The number of unbranched alkanes of at least 4 members (excludes halogenated alkanes) is 3. The lowest BCUT2D eigenvalue weighted by molar-refractivity contribution is -0.158. The van der Waals surface area contributed by atoms with Crippen molar-refractivity contribution in [2.75, 3.05) is 27.3 Å². The van der Waals surface area contributed by atoms with Crippen LogP contribution in [0.5, 0.6) is 0 Å². The van der Waals surface area contributed by atoms with E-state index in [1.54, 1.807) is 41.5 Å². The first-order chi connectivity index (χ1) is 15.7. The Morgan fingerprint density at radius 1 is 0.794 bits per heavy atom. The number of rotatable bonds is 10. The number of alkyl carbamates (subject to hydrolysis) is 2. The summed E-state index contributed by atoms with van der Waals surface area (Å²) in [6, 6.07) is 0. The Morgan fingerprint density at radius 3 is 1.74 bits per heavy atom. The lowest BCUT2D eigenvalue weighted by atomic mass is 10.2. The summed E-state index contributed by atoms with van der Waals surface area (Å²) in [5, 5.41) is 7.47. The van der Waals surface area contributed by atoms with E-state index in [2.05, 4.69) is 25.7 Å². The largest absolute Gasteiger partial charge is 0.467 e. The van der Waals surface area contributed by atoms with Crippen LogP contribution >= 0.6 is 0 Å². The highest BCUT2D eigenvalue weighted by molar-refractivity contribution is 6.01. The molecule has 3 amide bonds. The lowest BCUT2D eigenvalue weighted by Gasteiger charge is -2.22. The molecule has 34 heavy (non-hydrogen) atoms. The summed E-state index contributed by atoms with van der Waals surface area (Å²) in [6.07, 6.45) is 0.154. The molecule has 0 aromatic carbocycles. The zero-order valence-electron chi connectivity index (χ0n) is 21.5. The smallest absolute Gasteiger partial charge is 0.414 e. The molecule has 0 rings (SSSR count). The van der Waals surface area contributed by atoms with Crippen LogP contribution in [0, 0.1) is 0 Å². The van der Waals surface area contributed by atoms with Crippen molar-refractivity contribution < 1.29 is 38.1 Å². The fourth-order valence-electron chi connectivity index (χ4n) is 2.41. The summed E-state index contributed by atoms with van der Waals surface area (Å²) < 4.78 is 19.7. The molecule has 0 aromatic rings. The first kappa shape index (κ1) is 31.1. The van der Waals surface area contributed by atoms with Crippen LogP contribution in [0.25, 0.3) is 0 Å². The molecule has 12 nitrogen and oxygen atoms in total. The average molecular weight is 489 g/mol. The predicted octanol–water partition coefficient (Wildman–Crippen LogP) is 2.26. The normalized spacial score (nSPS) is 12.1. The molecule has 0 radical (unpaired) electrons. The number of guanidine groups is 1. The molecule has 0 aliphatic rings. The Bertz CT molecular complexity index is 679. The van der Waals surface area contributed by atoms with Crippen LogP contribution in [0.15, 0.2) is 4.99 Å². The van der Waals surface area contributed by atoms with Gasteiger partial charge in [-0.2, -0.15) is 0 Å². The molecule has 0 heterocycles. The fourth-order valence-corrected chi connectivity index (χ4v) is 2.41. The van der Waals surface area contributed by atoms with Crippen molar-refractivity contribution in [1.29, 1.82) is 0 Å². The predicted molar refractivity (Wildman–Crippen MR) is 125 cm³/mol. The van der Waals surface area contributed by atoms with Gasteiger partial charge in [0.15, 0.2) is 0 Å². The summed E-state index contributed by atoms with van der Waals surface area (Å²) in [5.41, 5.74) is -1.42. The quantitative estimate of drug-likeness (QED) is 0.106. The van der Waals surface area contributed by atoms with Crippen LogP contribution in [0.1, 0.15) is 67.2 Å². The number of methoxy groups -OCH3 is 2. The molecule has 0 spiro atoms. The van der Waals surface area contributed by atoms with Gasteiger partial charge in [0.1, 0.15) is 11.2 Å². The Balaban J connectivity index is 4.55. The Hall–Kier alpha value is -2.89. The van der Waals surface area contributed by atoms with Crippen molar-refractivity contribution in [3.63, 3.8) is 0 Å². The lowest BCUT2D eigenvalue weighted by Crippen LogP contribution is -2.47. The monoisotopic (exact) mass is 488 g/mol. The van der Waals surface area contributed by atoms with Crippen LogP contribution < -0.4 is 16.0 Å². The summed E-state index contributed by atoms with van der Waals surface area (Å²) in [5.74, 6) is -1.37. The van der Waals surface area contributed by atoms with E-state index >= 15 is 0 Å². The van der Waals surface area contributed by atoms with Gasteiger partial charge in [-0.1, -0.05) is 12.8 Å². The van der Waals surface area contributed by atoms with Crippen LogP contribution in [0.4, 0.5) is 9.59 Å². The highest BCUT2D eigenvalue weighted by Crippen LogP contribution is 2.08. The van der Waals surface area contributed by atoms with E-state index in [0.29, 0.717) is 25.9 Å². The van der Waals surface area contributed by atoms with E-state index in [-0.39, 0.29) is 5.96 Å². The molecule has 12 heteroatoms. The molecule has 3 N–H and O–H groups in total. The maximum absolute atomic E-state index is 12.1. The number of nitrogens with zero attached hydrogens (tertiary/aromatic N) is 1. The van der Waals surface area contributed by atoms with Crippen molar-refractivity contribution in [2.24, 2.45) is 4.99 Å². The summed E-state index contributed by atoms with van der Waals surface area (Å²) in [4.78, 5) is 51.6. The van der Waals surface area contributed by atoms with Gasteiger partial charge in [-0.3, -0.25) is 20.4 Å². The number of nitrogens with one attached hydrogen (secondary N) is 3. The van der Waals surface area contributed by atoms with E-state index in [4.69, 9.17) is 14.2 Å². The molecular weight excluding hydrogens is 448 g/mol. The Morgan fingerprint density at radius 2 is 1.29 bits per heavy atom. The minimum absolute atomic E-state index is 0.0656. The third kappa shape index (κ3) is 15.8. The number of esters is 1. The minimum atomic E-state index is -1.28. The maximum Gasteiger partial charge on any atom is 0.414 e. The van der Waals surface area contributed by atoms with Crippen molar-refractivity contribution in [1.82, 2.24) is 16.0 Å². The zero-order chi connectivity index (χ0) is 26.4. The highest BCUT2D eigenvalue weighted by atomic mass is 16.6. The highest BCUT2D eigenvalue weighted by Gasteiger charge is 2.26. The first-order valence-corrected chi connectivity index (χ1v) is 11.1. The number of ether oxygens (including phenoxy) is 4. The summed E-state index contributed by atoms with van der Waals surface area (Å²) in [7, 11) is 2.44. The van der Waals surface area contributed by atoms with Gasteiger partial charge in [0, 0.05) is 20.2 Å². The topological polar surface area (TPSA) is 154 Å². The van der Waals surface area contributed by atoms with Crippen molar-refractivity contribution in [2.45, 2.75) is 84.5 Å². The molecule has 0 saturated carbocycles. The van der Waals surface area contributed by atoms with Gasteiger partial charge < -0.3 is 24.3 Å². The molecule has 1 unspecified atom stereocenters. The number of carbonyl (C=O) groups excluding carboxylic acids is 4. The molecule has 0 aromatic heterocycles. The Labute approximate surface area is 201 Å². The van der Waals surface area contributed by atoms with Crippen LogP contribution in [0.2, 0.25) is 0 Å². The molecule has 0 aliphatic carbocycles. The van der Waals surface area contributed by atoms with Gasteiger partial charge in [-0.05, 0) is 54.4 Å². The van der Waals surface area contributed by atoms with Crippen molar-refractivity contribution in [3.8, 4) is 0 Å². The van der Waals surface area contributed by atoms with Crippen molar-refractivity contribution >= 4 is 30.0 Å². The number of hydrogen-bond donors (Lipinski definition) is 3. The molecule has 0 aliphatic heterocycles. The van der Waals surface area contributed by atoms with Crippen molar-refractivity contribution in [3.05, 3.63) is 0 Å². The van der Waals surface area contributed by atoms with Gasteiger partial charge in [0.25, 0.3) is 5.91 Å². The maximum atomic E-state index is 12.1. The average Bonchev–Trinajstić information content (AvgIpc) is 2.67. The molecule has 0 saturated heterocycles. The standard InChI is InChI=1S/C22H40N4O8/c1-21(2,3)33-19(29)25-18(26-20(30)34-22(4,5)6)24-14-12-10-9-11-13-23-16(27)15(31-7)17(28)32-8/h15H,9-14H2,1-8H3,(H,23,27)(H2,24,25,26,29,30). The van der Waals surface area contributed by atoms with Crippen LogP contribution in [-0.4, -0.2) is 74.6 Å². The SMILES string of the molecule is COC(=O)C(OC)C(=O)NCCCCCCN=C(NC(=O)OC(C)(C)C)NC(=O)OC(C)(C)C. The van der Waals surface area contributed by atoms with Gasteiger partial charge >= 0.3 is 18.2 Å². The second-order valence-electron chi connectivity index (χ2n) is 9.33. The van der Waals surface area contributed by atoms with Gasteiger partial charge in [0.05, 0.1) is 7.11 Å². The van der Waals surface area contributed by atoms with Crippen LogP contribution in [0.3, 0.4) is 0 Å². The van der Waals surface area contributed by atoms with E-state index in [0.717, 1.165) is 12.8 Å². The van der Waals surface area contributed by atoms with E-state index < -0.39 is 41.4 Å². The van der Waals surface area contributed by atoms with E-state index in [1.807, 2.05) is 0 Å². The Kier molecular flexibility index (Phi) is 13.8. The molecule has 196 valence electrons. The summed E-state index contributed by atoms with van der Waals surface area (Å²) >= 11 is 0. The molecular formula is C22H40N4O8. The van der Waals surface area contributed by atoms with E-state index in [1.165, 1.54) is 14.2 Å². The molecule has 1 atom stereocenters. The number of aliphatic imine (C=N–C) groups is 1. The second-order valence-corrected chi connectivity index (χ2v) is 9.33. The number of carbonyl (C=O) groups is 4. The van der Waals surface area contributed by atoms with Crippen LogP contribution in [-0.2, 0) is 28.5 Å².